The highest BCUT2D eigenvalue weighted by Gasteiger charge is 2.10. The number of pyridine rings is 1. The number of fused-ring (bicyclic) bond motifs is 1. The third-order valence-electron chi connectivity index (χ3n) is 3.84. The molecule has 0 atom stereocenters. The minimum Gasteiger partial charge on any atom is -0.489 e. The Morgan fingerprint density at radius 3 is 2.80 bits per heavy atom. The summed E-state index contributed by atoms with van der Waals surface area (Å²) in [5.41, 5.74) is 2.65. The lowest BCUT2D eigenvalue weighted by Crippen LogP contribution is -2.00. The number of benzene rings is 1. The molecule has 0 unspecified atom stereocenters. The second-order valence-electron chi connectivity index (χ2n) is 5.47. The van der Waals surface area contributed by atoms with E-state index >= 15 is 0 Å². The lowest BCUT2D eigenvalue weighted by Gasteiger charge is -2.09. The highest BCUT2D eigenvalue weighted by molar-refractivity contribution is 7.17. The maximum Gasteiger partial charge on any atom is 0.290 e. The monoisotopic (exact) mass is 356 g/mol. The van der Waals surface area contributed by atoms with Crippen molar-refractivity contribution in [1.29, 1.82) is 0 Å². The molecule has 3 rings (SSSR count). The van der Waals surface area contributed by atoms with E-state index in [2.05, 4.69) is 10.2 Å². The zero-order chi connectivity index (χ0) is 17.8. The Morgan fingerprint density at radius 2 is 2.08 bits per heavy atom. The minimum atomic E-state index is -0.664. The number of carbonyl (C=O) groups is 1. The van der Waals surface area contributed by atoms with Gasteiger partial charge in [0.2, 0.25) is 5.88 Å². The standard InChI is InChI=1S/C18H16N2O4S/c1-11-12(3-6-18(19-11)23-2)9-24-14-4-5-15-13(7-17(21)20-22)10-25-16(15)8-14/h3-6,8,10H,7,9H2,1-2H3. The summed E-state index contributed by atoms with van der Waals surface area (Å²) < 4.78 is 12.0. The lowest BCUT2D eigenvalue weighted by molar-refractivity contribution is -0.117. The first-order valence-electron chi connectivity index (χ1n) is 7.60. The Labute approximate surface area is 148 Å². The molecule has 0 aliphatic rings. The van der Waals surface area contributed by atoms with E-state index < -0.39 is 5.91 Å². The number of aryl methyl sites for hydroxylation is 1. The van der Waals surface area contributed by atoms with Crippen LogP contribution in [0.25, 0.3) is 10.1 Å². The fraction of sp³-hybridized carbons (Fsp3) is 0.222. The third kappa shape index (κ3) is 3.83. The average molecular weight is 356 g/mol. The number of methoxy groups -OCH3 is 1. The van der Waals surface area contributed by atoms with Gasteiger partial charge in [0.15, 0.2) is 0 Å². The molecule has 25 heavy (non-hydrogen) atoms. The van der Waals surface area contributed by atoms with Crippen LogP contribution < -0.4 is 9.47 Å². The van der Waals surface area contributed by atoms with E-state index in [0.29, 0.717) is 12.5 Å². The van der Waals surface area contributed by atoms with Crippen molar-refractivity contribution in [3.63, 3.8) is 0 Å². The van der Waals surface area contributed by atoms with Crippen LogP contribution in [0.15, 0.2) is 40.9 Å². The Balaban J connectivity index is 1.74. The summed E-state index contributed by atoms with van der Waals surface area (Å²) >= 11 is 1.51. The van der Waals surface area contributed by atoms with Crippen LogP contribution in [-0.4, -0.2) is 18.0 Å². The summed E-state index contributed by atoms with van der Waals surface area (Å²) in [6.45, 7) is 2.31. The van der Waals surface area contributed by atoms with Crippen molar-refractivity contribution in [3.05, 3.63) is 57.4 Å². The second-order valence-corrected chi connectivity index (χ2v) is 6.38. The smallest absolute Gasteiger partial charge is 0.290 e. The molecule has 0 spiro atoms. The number of nitroso groups, excluding NO2 is 1. The zero-order valence-electron chi connectivity index (χ0n) is 13.8. The quantitative estimate of drug-likeness (QED) is 0.623. The van der Waals surface area contributed by atoms with Gasteiger partial charge in [-0.1, -0.05) is 0 Å². The summed E-state index contributed by atoms with van der Waals surface area (Å²) in [7, 11) is 1.58. The van der Waals surface area contributed by atoms with E-state index in [0.717, 1.165) is 32.7 Å². The van der Waals surface area contributed by atoms with Crippen LogP contribution in [0.3, 0.4) is 0 Å². The van der Waals surface area contributed by atoms with E-state index in [4.69, 9.17) is 9.47 Å². The summed E-state index contributed by atoms with van der Waals surface area (Å²) in [5.74, 6) is 0.645. The van der Waals surface area contributed by atoms with Crippen molar-refractivity contribution in [2.24, 2.45) is 5.18 Å². The topological polar surface area (TPSA) is 77.9 Å². The summed E-state index contributed by atoms with van der Waals surface area (Å²) in [6, 6.07) is 9.41. The van der Waals surface area contributed by atoms with E-state index in [-0.39, 0.29) is 6.42 Å². The first kappa shape index (κ1) is 17.0. The van der Waals surface area contributed by atoms with Crippen LogP contribution in [0.2, 0.25) is 0 Å². The van der Waals surface area contributed by atoms with Crippen molar-refractivity contribution in [1.82, 2.24) is 4.98 Å². The molecule has 2 heterocycles. The lowest BCUT2D eigenvalue weighted by atomic mass is 10.1. The summed E-state index contributed by atoms with van der Waals surface area (Å²) in [4.78, 5) is 25.8. The van der Waals surface area contributed by atoms with Crippen LogP contribution in [0.1, 0.15) is 16.8 Å². The van der Waals surface area contributed by atoms with Gasteiger partial charge in [0.05, 0.1) is 13.5 Å². The van der Waals surface area contributed by atoms with Crippen molar-refractivity contribution >= 4 is 27.3 Å². The number of ether oxygens (including phenoxy) is 2. The molecule has 128 valence electrons. The fourth-order valence-electron chi connectivity index (χ4n) is 2.48. The molecule has 0 N–H and O–H groups in total. The van der Waals surface area contributed by atoms with Gasteiger partial charge in [-0.25, -0.2) is 4.98 Å². The zero-order valence-corrected chi connectivity index (χ0v) is 14.6. The Morgan fingerprint density at radius 1 is 1.24 bits per heavy atom. The van der Waals surface area contributed by atoms with E-state index in [1.54, 1.807) is 13.2 Å². The van der Waals surface area contributed by atoms with E-state index in [1.807, 2.05) is 36.6 Å². The second kappa shape index (κ2) is 7.40. The van der Waals surface area contributed by atoms with Crippen LogP contribution in [-0.2, 0) is 17.8 Å². The number of thiophene rings is 1. The van der Waals surface area contributed by atoms with Gasteiger partial charge >= 0.3 is 0 Å². The number of amides is 1. The maximum absolute atomic E-state index is 11.2. The van der Waals surface area contributed by atoms with Gasteiger partial charge in [-0.15, -0.1) is 16.2 Å². The predicted molar refractivity (Wildman–Crippen MR) is 96.2 cm³/mol. The molecule has 0 radical (unpaired) electrons. The van der Waals surface area contributed by atoms with Gasteiger partial charge in [-0.05, 0) is 47.5 Å². The molecule has 0 bridgehead atoms. The van der Waals surface area contributed by atoms with E-state index in [9.17, 15) is 9.70 Å². The van der Waals surface area contributed by atoms with Crippen LogP contribution in [0.5, 0.6) is 11.6 Å². The number of carbonyl (C=O) groups excluding carboxylic acids is 1. The summed E-state index contributed by atoms with van der Waals surface area (Å²) in [6.07, 6.45) is 0.0282. The van der Waals surface area contributed by atoms with Crippen LogP contribution >= 0.6 is 11.3 Å². The molecule has 1 amide bonds. The van der Waals surface area contributed by atoms with Gasteiger partial charge in [0.1, 0.15) is 12.4 Å². The SMILES string of the molecule is COc1ccc(COc2ccc3c(CC(=O)N=O)csc3c2)c(C)n1. The summed E-state index contributed by atoms with van der Waals surface area (Å²) in [5, 5.41) is 5.26. The van der Waals surface area contributed by atoms with Crippen molar-refractivity contribution in [3.8, 4) is 11.6 Å². The first-order chi connectivity index (χ1) is 12.1. The predicted octanol–water partition coefficient (Wildman–Crippen LogP) is 4.03. The number of nitrogens with zero attached hydrogens (tertiary/aromatic N) is 2. The largest absolute Gasteiger partial charge is 0.489 e. The highest BCUT2D eigenvalue weighted by atomic mass is 32.1. The van der Waals surface area contributed by atoms with Crippen molar-refractivity contribution < 1.29 is 14.3 Å². The van der Waals surface area contributed by atoms with E-state index in [1.165, 1.54) is 11.3 Å². The van der Waals surface area contributed by atoms with Gasteiger partial charge in [-0.3, -0.25) is 4.79 Å². The average Bonchev–Trinajstić information content (AvgIpc) is 3.02. The van der Waals surface area contributed by atoms with Crippen LogP contribution in [0, 0.1) is 11.8 Å². The van der Waals surface area contributed by atoms with Gasteiger partial charge < -0.3 is 9.47 Å². The molecule has 0 aliphatic heterocycles. The van der Waals surface area contributed by atoms with Gasteiger partial charge in [0.25, 0.3) is 5.91 Å². The molecule has 3 aromatic rings. The molecule has 0 fully saturated rings. The first-order valence-corrected chi connectivity index (χ1v) is 8.48. The van der Waals surface area contributed by atoms with Crippen LogP contribution in [0.4, 0.5) is 0 Å². The normalized spacial score (nSPS) is 10.6. The number of hydrogen-bond acceptors (Lipinski definition) is 6. The Kier molecular flexibility index (Phi) is 5.04. The molecule has 2 aromatic heterocycles. The molecule has 6 nitrogen and oxygen atoms in total. The van der Waals surface area contributed by atoms with Crippen molar-refractivity contribution in [2.45, 2.75) is 20.0 Å². The molecule has 0 saturated carbocycles. The fourth-order valence-corrected chi connectivity index (χ4v) is 3.47. The number of rotatable bonds is 6. The minimum absolute atomic E-state index is 0.0282. The molecular weight excluding hydrogens is 340 g/mol. The molecule has 0 saturated heterocycles. The number of hydrogen-bond donors (Lipinski definition) is 0. The Hall–Kier alpha value is -2.80. The van der Waals surface area contributed by atoms with Gasteiger partial charge in [0, 0.05) is 27.2 Å². The molecular formula is C18H16N2O4S. The van der Waals surface area contributed by atoms with Gasteiger partial charge in [-0.2, -0.15) is 0 Å². The number of aromatic nitrogens is 1. The Bertz CT molecular complexity index is 936. The third-order valence-corrected chi connectivity index (χ3v) is 4.84. The molecule has 0 aliphatic carbocycles. The highest BCUT2D eigenvalue weighted by Crippen LogP contribution is 2.30. The molecule has 1 aromatic carbocycles. The molecule has 7 heteroatoms. The maximum atomic E-state index is 11.2. The van der Waals surface area contributed by atoms with Crippen molar-refractivity contribution in [2.75, 3.05) is 7.11 Å².